The molecule has 5 heteroatoms. The molecule has 0 unspecified atom stereocenters. The molecule has 2 aliphatic carbocycles. The predicted molar refractivity (Wildman–Crippen MR) is 106 cm³/mol. The first-order chi connectivity index (χ1) is 13.4. The van der Waals surface area contributed by atoms with Crippen molar-refractivity contribution in [1.29, 1.82) is 0 Å². The topological polar surface area (TPSA) is 70.5 Å². The summed E-state index contributed by atoms with van der Waals surface area (Å²) in [6.45, 7) is 4.97. The molecular formula is C23H26N2O3. The fraction of sp³-hybridized carbons (Fsp3) is 0.522. The summed E-state index contributed by atoms with van der Waals surface area (Å²) < 4.78 is 0. The van der Waals surface area contributed by atoms with E-state index in [0.29, 0.717) is 30.5 Å². The Labute approximate surface area is 164 Å². The molecule has 5 nitrogen and oxygen atoms in total. The van der Waals surface area contributed by atoms with Crippen LogP contribution < -0.4 is 0 Å². The van der Waals surface area contributed by atoms with Gasteiger partial charge in [0.15, 0.2) is 0 Å². The van der Waals surface area contributed by atoms with Crippen LogP contribution in [0, 0.1) is 31.6 Å². The Morgan fingerprint density at radius 2 is 1.82 bits per heavy atom. The number of nitrogens with zero attached hydrogens (tertiary/aromatic N) is 2. The van der Waals surface area contributed by atoms with E-state index in [9.17, 15) is 14.7 Å². The summed E-state index contributed by atoms with van der Waals surface area (Å²) in [4.78, 5) is 32.0. The van der Waals surface area contributed by atoms with Gasteiger partial charge in [0.2, 0.25) is 0 Å². The van der Waals surface area contributed by atoms with E-state index in [0.717, 1.165) is 53.4 Å². The molecule has 2 saturated carbocycles. The van der Waals surface area contributed by atoms with Gasteiger partial charge in [-0.1, -0.05) is 11.6 Å². The van der Waals surface area contributed by atoms with Crippen LogP contribution in [-0.2, 0) is 4.79 Å². The molecule has 0 radical (unpaired) electrons. The zero-order valence-electron chi connectivity index (χ0n) is 16.4. The van der Waals surface area contributed by atoms with E-state index in [1.165, 1.54) is 0 Å². The van der Waals surface area contributed by atoms with Crippen LogP contribution in [0.4, 0.5) is 0 Å². The number of likely N-dealkylation sites (tertiary alicyclic amines) is 1. The Hall–Kier alpha value is -2.43. The zero-order valence-corrected chi connectivity index (χ0v) is 16.4. The second-order valence-electron chi connectivity index (χ2n) is 9.00. The van der Waals surface area contributed by atoms with Gasteiger partial charge in [-0.2, -0.15) is 0 Å². The van der Waals surface area contributed by atoms with Gasteiger partial charge in [0, 0.05) is 30.1 Å². The summed E-state index contributed by atoms with van der Waals surface area (Å²) >= 11 is 0. The first-order valence-electron chi connectivity index (χ1n) is 10.4. The van der Waals surface area contributed by atoms with Gasteiger partial charge in [-0.25, -0.2) is 0 Å². The molecule has 1 saturated heterocycles. The second-order valence-corrected chi connectivity index (χ2v) is 9.00. The fourth-order valence-corrected chi connectivity index (χ4v) is 4.89. The molecule has 146 valence electrons. The van der Waals surface area contributed by atoms with E-state index >= 15 is 0 Å². The zero-order chi connectivity index (χ0) is 19.6. The van der Waals surface area contributed by atoms with Gasteiger partial charge in [0.25, 0.3) is 5.91 Å². The molecule has 5 rings (SSSR count). The number of pyridine rings is 1. The Bertz CT molecular complexity index is 991. The highest BCUT2D eigenvalue weighted by atomic mass is 16.4. The number of hydrogen-bond donors (Lipinski definition) is 1. The van der Waals surface area contributed by atoms with Crippen LogP contribution in [0.25, 0.3) is 10.9 Å². The van der Waals surface area contributed by atoms with Crippen LogP contribution >= 0.6 is 0 Å². The van der Waals surface area contributed by atoms with E-state index < -0.39 is 11.9 Å². The van der Waals surface area contributed by atoms with E-state index in [-0.39, 0.29) is 11.8 Å². The van der Waals surface area contributed by atoms with Gasteiger partial charge < -0.3 is 10.0 Å². The maximum Gasteiger partial charge on any atom is 0.308 e. The molecule has 0 bridgehead atoms. The molecule has 3 aliphatic rings. The number of carbonyl (C=O) groups excluding carboxylic acids is 1. The Morgan fingerprint density at radius 3 is 2.46 bits per heavy atom. The van der Waals surface area contributed by atoms with Crippen molar-refractivity contribution in [2.24, 2.45) is 17.8 Å². The van der Waals surface area contributed by atoms with E-state index in [1.54, 1.807) is 4.90 Å². The molecule has 1 aromatic heterocycles. The van der Waals surface area contributed by atoms with Gasteiger partial charge in [0.1, 0.15) is 0 Å². The van der Waals surface area contributed by atoms with Gasteiger partial charge in [0.05, 0.1) is 17.0 Å². The number of carboxylic acid groups (broad SMARTS) is 1. The fourth-order valence-electron chi connectivity index (χ4n) is 4.89. The van der Waals surface area contributed by atoms with Gasteiger partial charge >= 0.3 is 5.97 Å². The molecule has 0 spiro atoms. The lowest BCUT2D eigenvalue weighted by Gasteiger charge is -2.19. The molecule has 28 heavy (non-hydrogen) atoms. The van der Waals surface area contributed by atoms with Crippen molar-refractivity contribution < 1.29 is 14.7 Å². The number of aromatic nitrogens is 1. The largest absolute Gasteiger partial charge is 0.481 e. The highest BCUT2D eigenvalue weighted by Crippen LogP contribution is 2.45. The lowest BCUT2D eigenvalue weighted by Crippen LogP contribution is -2.30. The van der Waals surface area contributed by atoms with E-state index in [1.807, 2.05) is 26.0 Å². The minimum absolute atomic E-state index is 0.0336. The number of rotatable bonds is 4. The molecular weight excluding hydrogens is 352 g/mol. The number of benzene rings is 1. The standard InChI is InChI=1S/C23H26N2O3/c1-12-7-13(2)21-16(8-12)17(9-20(24-21)15-5-6-15)22(26)25-10-18(14-3-4-14)19(11-25)23(27)28/h7-9,14-15,18-19H,3-6,10-11H2,1-2H3,(H,27,28)/t18-,19+/m1/s1. The number of carboxylic acids is 1. The van der Waals surface area contributed by atoms with Crippen molar-refractivity contribution in [2.75, 3.05) is 13.1 Å². The highest BCUT2D eigenvalue weighted by Gasteiger charge is 2.47. The molecule has 1 aromatic carbocycles. The first kappa shape index (κ1) is 17.7. The van der Waals surface area contributed by atoms with E-state index in [2.05, 4.69) is 6.07 Å². The quantitative estimate of drug-likeness (QED) is 0.876. The third-order valence-electron chi connectivity index (χ3n) is 6.69. The highest BCUT2D eigenvalue weighted by molar-refractivity contribution is 6.07. The van der Waals surface area contributed by atoms with Crippen LogP contribution in [-0.4, -0.2) is 40.0 Å². The van der Waals surface area contributed by atoms with Crippen molar-refractivity contribution in [3.8, 4) is 0 Å². The number of carbonyl (C=O) groups is 2. The van der Waals surface area contributed by atoms with E-state index in [4.69, 9.17) is 4.98 Å². The van der Waals surface area contributed by atoms with Crippen molar-refractivity contribution in [3.05, 3.63) is 40.6 Å². The SMILES string of the molecule is Cc1cc(C)c2nc(C3CC3)cc(C(=O)N3C[C@H](C(=O)O)[C@@H](C4CC4)C3)c2c1. The van der Waals surface area contributed by atoms with Crippen LogP contribution in [0.2, 0.25) is 0 Å². The predicted octanol–water partition coefficient (Wildman–Crippen LogP) is 3.91. The third kappa shape index (κ3) is 2.97. The van der Waals surface area contributed by atoms with Crippen molar-refractivity contribution in [3.63, 3.8) is 0 Å². The van der Waals surface area contributed by atoms with Gasteiger partial charge in [-0.05, 0) is 69.1 Å². The summed E-state index contributed by atoms with van der Waals surface area (Å²) in [6, 6.07) is 6.13. The number of amides is 1. The van der Waals surface area contributed by atoms with Crippen molar-refractivity contribution >= 4 is 22.8 Å². The van der Waals surface area contributed by atoms with Crippen LogP contribution in [0.15, 0.2) is 18.2 Å². The number of hydrogen-bond acceptors (Lipinski definition) is 3. The van der Waals surface area contributed by atoms with Crippen LogP contribution in [0.1, 0.15) is 58.8 Å². The summed E-state index contributed by atoms with van der Waals surface area (Å²) in [5.41, 5.74) is 4.81. The van der Waals surface area contributed by atoms with Crippen molar-refractivity contribution in [1.82, 2.24) is 9.88 Å². The Kier molecular flexibility index (Phi) is 3.97. The van der Waals surface area contributed by atoms with Crippen LogP contribution in [0.3, 0.4) is 0 Å². The maximum absolute atomic E-state index is 13.5. The average Bonchev–Trinajstić information content (AvgIpc) is 3.58. The average molecular weight is 378 g/mol. The minimum Gasteiger partial charge on any atom is -0.481 e. The molecule has 2 heterocycles. The molecule has 3 fully saturated rings. The van der Waals surface area contributed by atoms with Crippen molar-refractivity contribution in [2.45, 2.75) is 45.4 Å². The number of fused-ring (bicyclic) bond motifs is 1. The number of aliphatic carboxylic acids is 1. The number of aryl methyl sites for hydroxylation is 2. The normalized spacial score (nSPS) is 24.7. The Balaban J connectivity index is 1.56. The minimum atomic E-state index is -0.767. The molecule has 1 aliphatic heterocycles. The smallest absolute Gasteiger partial charge is 0.308 e. The summed E-state index contributed by atoms with van der Waals surface area (Å²) in [6.07, 6.45) is 4.45. The third-order valence-corrected chi connectivity index (χ3v) is 6.69. The summed E-state index contributed by atoms with van der Waals surface area (Å²) in [5.74, 6) is -0.205. The van der Waals surface area contributed by atoms with Crippen LogP contribution in [0.5, 0.6) is 0 Å². The monoisotopic (exact) mass is 378 g/mol. The molecule has 1 amide bonds. The van der Waals surface area contributed by atoms with Gasteiger partial charge in [-0.3, -0.25) is 14.6 Å². The Morgan fingerprint density at radius 1 is 1.07 bits per heavy atom. The molecule has 1 N–H and O–H groups in total. The van der Waals surface area contributed by atoms with Gasteiger partial charge in [-0.15, -0.1) is 0 Å². The molecule has 2 aromatic rings. The summed E-state index contributed by atoms with van der Waals surface area (Å²) in [7, 11) is 0. The molecule has 2 atom stereocenters. The lowest BCUT2D eigenvalue weighted by molar-refractivity contribution is -0.142. The summed E-state index contributed by atoms with van der Waals surface area (Å²) in [5, 5.41) is 10.5. The maximum atomic E-state index is 13.5. The lowest BCUT2D eigenvalue weighted by atomic mass is 9.92. The second kappa shape index (κ2) is 6.29. The first-order valence-corrected chi connectivity index (χ1v) is 10.4.